The van der Waals surface area contributed by atoms with Crippen molar-refractivity contribution < 1.29 is 5.11 Å². The lowest BCUT2D eigenvalue weighted by Crippen LogP contribution is -2.02. The lowest BCUT2D eigenvalue weighted by atomic mass is 10.1. The molecule has 0 unspecified atom stereocenters. The van der Waals surface area contributed by atoms with E-state index in [0.717, 1.165) is 12.1 Å². The molecule has 15 heavy (non-hydrogen) atoms. The van der Waals surface area contributed by atoms with Crippen LogP contribution in [0.4, 0.5) is 0 Å². The van der Waals surface area contributed by atoms with Crippen molar-refractivity contribution in [2.24, 2.45) is 0 Å². The van der Waals surface area contributed by atoms with Crippen molar-refractivity contribution in [1.82, 2.24) is 15.0 Å². The van der Waals surface area contributed by atoms with Gasteiger partial charge in [0.25, 0.3) is 0 Å². The van der Waals surface area contributed by atoms with Crippen molar-refractivity contribution >= 4 is 0 Å². The zero-order valence-corrected chi connectivity index (χ0v) is 8.37. The minimum absolute atomic E-state index is 0.0914. The molecule has 0 atom stereocenters. The smallest absolute Gasteiger partial charge is 0.0870 e. The van der Waals surface area contributed by atoms with Gasteiger partial charge < -0.3 is 5.11 Å². The van der Waals surface area contributed by atoms with Gasteiger partial charge in [-0.05, 0) is 5.56 Å². The van der Waals surface area contributed by atoms with Crippen LogP contribution in [0, 0.1) is 0 Å². The summed E-state index contributed by atoms with van der Waals surface area (Å²) in [6, 6.07) is 10.1. The van der Waals surface area contributed by atoms with E-state index in [1.54, 1.807) is 4.68 Å². The van der Waals surface area contributed by atoms with Gasteiger partial charge >= 0.3 is 0 Å². The number of aliphatic hydroxyl groups excluding tert-OH is 1. The predicted octanol–water partition coefficient (Wildman–Crippen LogP) is 0.861. The van der Waals surface area contributed by atoms with Crippen LogP contribution >= 0.6 is 0 Å². The van der Waals surface area contributed by atoms with Gasteiger partial charge in [0.2, 0.25) is 0 Å². The Balaban J connectivity index is 2.05. The molecule has 0 amide bonds. The van der Waals surface area contributed by atoms with E-state index in [9.17, 15) is 0 Å². The largest absolute Gasteiger partial charge is 0.394 e. The topological polar surface area (TPSA) is 50.9 Å². The lowest BCUT2D eigenvalue weighted by Gasteiger charge is -1.95. The molecule has 0 saturated carbocycles. The molecular formula is C11H13N3O. The average Bonchev–Trinajstić information content (AvgIpc) is 2.68. The SMILES string of the molecule is OCCn1cc(Cc2ccccc2)nn1. The summed E-state index contributed by atoms with van der Waals surface area (Å²) in [6.07, 6.45) is 2.65. The second-order valence-electron chi connectivity index (χ2n) is 3.36. The molecule has 0 spiro atoms. The Morgan fingerprint density at radius 1 is 1.20 bits per heavy atom. The van der Waals surface area contributed by atoms with Crippen LogP contribution in [0.25, 0.3) is 0 Å². The van der Waals surface area contributed by atoms with Gasteiger partial charge in [-0.25, -0.2) is 4.68 Å². The highest BCUT2D eigenvalue weighted by Gasteiger charge is 2.01. The van der Waals surface area contributed by atoms with Gasteiger partial charge in [0.15, 0.2) is 0 Å². The summed E-state index contributed by atoms with van der Waals surface area (Å²) in [5, 5.41) is 16.7. The molecule has 1 N–H and O–H groups in total. The maximum atomic E-state index is 8.73. The molecule has 1 aromatic heterocycles. The maximum Gasteiger partial charge on any atom is 0.0870 e. The van der Waals surface area contributed by atoms with Gasteiger partial charge in [0.1, 0.15) is 0 Å². The van der Waals surface area contributed by atoms with Crippen LogP contribution < -0.4 is 0 Å². The van der Waals surface area contributed by atoms with E-state index in [0.29, 0.717) is 6.54 Å². The van der Waals surface area contributed by atoms with Gasteiger partial charge in [-0.2, -0.15) is 0 Å². The minimum atomic E-state index is 0.0914. The highest BCUT2D eigenvalue weighted by molar-refractivity contribution is 5.19. The van der Waals surface area contributed by atoms with E-state index in [4.69, 9.17) is 5.11 Å². The second-order valence-corrected chi connectivity index (χ2v) is 3.36. The molecule has 2 aromatic rings. The van der Waals surface area contributed by atoms with Crippen molar-refractivity contribution in [2.75, 3.05) is 6.61 Å². The third-order valence-electron chi connectivity index (χ3n) is 2.14. The van der Waals surface area contributed by atoms with Crippen molar-refractivity contribution in [3.63, 3.8) is 0 Å². The predicted molar refractivity (Wildman–Crippen MR) is 56.4 cm³/mol. The summed E-state index contributed by atoms with van der Waals surface area (Å²) in [5.74, 6) is 0. The Hall–Kier alpha value is -1.68. The molecule has 0 aliphatic rings. The van der Waals surface area contributed by atoms with E-state index in [-0.39, 0.29) is 6.61 Å². The molecule has 78 valence electrons. The number of hydrogen-bond donors (Lipinski definition) is 1. The first-order valence-electron chi connectivity index (χ1n) is 4.92. The monoisotopic (exact) mass is 203 g/mol. The van der Waals surface area contributed by atoms with Gasteiger partial charge in [-0.15, -0.1) is 5.10 Å². The Labute approximate surface area is 88.2 Å². The van der Waals surface area contributed by atoms with Crippen molar-refractivity contribution in [2.45, 2.75) is 13.0 Å². The molecule has 0 bridgehead atoms. The summed E-state index contributed by atoms with van der Waals surface area (Å²) in [5.41, 5.74) is 2.14. The number of rotatable bonds is 4. The Bertz CT molecular complexity index is 411. The molecule has 4 nitrogen and oxygen atoms in total. The van der Waals surface area contributed by atoms with Gasteiger partial charge in [0, 0.05) is 12.6 Å². The fourth-order valence-electron chi connectivity index (χ4n) is 1.44. The van der Waals surface area contributed by atoms with E-state index in [1.807, 2.05) is 24.4 Å². The second kappa shape index (κ2) is 4.70. The zero-order valence-electron chi connectivity index (χ0n) is 8.37. The number of aromatic nitrogens is 3. The van der Waals surface area contributed by atoms with Crippen LogP contribution in [0.5, 0.6) is 0 Å². The highest BCUT2D eigenvalue weighted by Crippen LogP contribution is 2.05. The zero-order chi connectivity index (χ0) is 10.5. The van der Waals surface area contributed by atoms with E-state index in [1.165, 1.54) is 5.56 Å². The van der Waals surface area contributed by atoms with Crippen LogP contribution in [0.1, 0.15) is 11.3 Å². The van der Waals surface area contributed by atoms with Crippen LogP contribution in [0.2, 0.25) is 0 Å². The van der Waals surface area contributed by atoms with E-state index < -0.39 is 0 Å². The molecule has 0 radical (unpaired) electrons. The first-order valence-corrected chi connectivity index (χ1v) is 4.92. The van der Waals surface area contributed by atoms with Crippen molar-refractivity contribution in [1.29, 1.82) is 0 Å². The van der Waals surface area contributed by atoms with Gasteiger partial charge in [0.05, 0.1) is 18.8 Å². The number of hydrogen-bond acceptors (Lipinski definition) is 3. The molecule has 0 aliphatic heterocycles. The normalized spacial score (nSPS) is 10.5. The summed E-state index contributed by atoms with van der Waals surface area (Å²) in [7, 11) is 0. The Morgan fingerprint density at radius 2 is 2.00 bits per heavy atom. The lowest BCUT2D eigenvalue weighted by molar-refractivity contribution is 0.268. The molecule has 2 rings (SSSR count). The quantitative estimate of drug-likeness (QED) is 0.801. The van der Waals surface area contributed by atoms with Gasteiger partial charge in [-0.1, -0.05) is 35.5 Å². The highest BCUT2D eigenvalue weighted by atomic mass is 16.3. The third-order valence-corrected chi connectivity index (χ3v) is 2.14. The number of aliphatic hydroxyl groups is 1. The Morgan fingerprint density at radius 3 is 2.73 bits per heavy atom. The van der Waals surface area contributed by atoms with E-state index >= 15 is 0 Å². The summed E-state index contributed by atoms with van der Waals surface area (Å²) >= 11 is 0. The summed E-state index contributed by atoms with van der Waals surface area (Å²) in [6.45, 7) is 0.593. The molecule has 0 fully saturated rings. The molecule has 4 heteroatoms. The summed E-state index contributed by atoms with van der Waals surface area (Å²) in [4.78, 5) is 0. The van der Waals surface area contributed by atoms with E-state index in [2.05, 4.69) is 22.4 Å². The first kappa shape index (κ1) is 9.86. The standard InChI is InChI=1S/C11H13N3O/c15-7-6-14-9-11(12-13-14)8-10-4-2-1-3-5-10/h1-5,9,15H,6-8H2. The molecule has 0 aliphatic carbocycles. The Kier molecular flexibility index (Phi) is 3.09. The van der Waals surface area contributed by atoms with Crippen molar-refractivity contribution in [3.05, 3.63) is 47.8 Å². The summed E-state index contributed by atoms with van der Waals surface area (Å²) < 4.78 is 1.65. The molecule has 1 aromatic carbocycles. The number of benzene rings is 1. The van der Waals surface area contributed by atoms with Crippen LogP contribution in [0.3, 0.4) is 0 Å². The van der Waals surface area contributed by atoms with Crippen molar-refractivity contribution in [3.8, 4) is 0 Å². The third kappa shape index (κ3) is 2.63. The number of nitrogens with zero attached hydrogens (tertiary/aromatic N) is 3. The molecule has 0 saturated heterocycles. The van der Waals surface area contributed by atoms with Crippen LogP contribution in [0.15, 0.2) is 36.5 Å². The van der Waals surface area contributed by atoms with Crippen LogP contribution in [-0.2, 0) is 13.0 Å². The molecule has 1 heterocycles. The van der Waals surface area contributed by atoms with Gasteiger partial charge in [-0.3, -0.25) is 0 Å². The fraction of sp³-hybridized carbons (Fsp3) is 0.273. The van der Waals surface area contributed by atoms with Crippen LogP contribution in [-0.4, -0.2) is 26.7 Å². The fourth-order valence-corrected chi connectivity index (χ4v) is 1.44. The average molecular weight is 203 g/mol. The minimum Gasteiger partial charge on any atom is -0.394 e. The first-order chi connectivity index (χ1) is 7.38. The molecular weight excluding hydrogens is 190 g/mol. The maximum absolute atomic E-state index is 8.73.